The van der Waals surface area contributed by atoms with E-state index in [1.165, 1.54) is 16.7 Å². The molecule has 2 heterocycles. The van der Waals surface area contributed by atoms with E-state index in [9.17, 15) is 0 Å². The zero-order valence-corrected chi connectivity index (χ0v) is 18.8. The van der Waals surface area contributed by atoms with Crippen LogP contribution in [0.1, 0.15) is 36.2 Å². The molecule has 2 aromatic heterocycles. The molecule has 160 valence electrons. The van der Waals surface area contributed by atoms with Gasteiger partial charge < -0.3 is 4.52 Å². The third-order valence-corrected chi connectivity index (χ3v) is 5.60. The lowest BCUT2D eigenvalue weighted by molar-refractivity contribution is 0.266. The van der Waals surface area contributed by atoms with Crippen molar-refractivity contribution in [3.05, 3.63) is 77.0 Å². The molecule has 0 N–H and O–H groups in total. The average molecular weight is 416 g/mol. The molecular weight excluding hydrogens is 386 g/mol. The minimum atomic E-state index is 0.435. The first-order chi connectivity index (χ1) is 14.9. The van der Waals surface area contributed by atoms with Gasteiger partial charge in [-0.1, -0.05) is 59.3 Å². The van der Waals surface area contributed by atoms with Crippen LogP contribution in [-0.2, 0) is 13.1 Å². The fourth-order valence-corrected chi connectivity index (χ4v) is 3.32. The van der Waals surface area contributed by atoms with E-state index in [1.54, 1.807) is 0 Å². The molecule has 4 aromatic rings. The van der Waals surface area contributed by atoms with Gasteiger partial charge in [0.25, 0.3) is 5.89 Å². The number of benzene rings is 2. The molecule has 0 unspecified atom stereocenters. The van der Waals surface area contributed by atoms with Crippen LogP contribution in [0.3, 0.4) is 0 Å². The second kappa shape index (κ2) is 8.86. The van der Waals surface area contributed by atoms with Crippen LogP contribution >= 0.6 is 0 Å². The predicted octanol–water partition coefficient (Wildman–Crippen LogP) is 5.11. The molecule has 2 aromatic carbocycles. The predicted molar refractivity (Wildman–Crippen MR) is 123 cm³/mol. The smallest absolute Gasteiger partial charge is 0.278 e. The van der Waals surface area contributed by atoms with Crippen molar-refractivity contribution in [1.29, 1.82) is 0 Å². The van der Waals surface area contributed by atoms with Crippen LogP contribution in [0.25, 0.3) is 23.0 Å². The quantitative estimate of drug-likeness (QED) is 0.420. The molecule has 6 nitrogen and oxygen atoms in total. The number of hydrogen-bond acceptors (Lipinski definition) is 5. The van der Waals surface area contributed by atoms with E-state index >= 15 is 0 Å². The topological polar surface area (TPSA) is 60.0 Å². The van der Waals surface area contributed by atoms with Crippen LogP contribution in [-0.4, -0.2) is 37.9 Å². The Morgan fingerprint density at radius 2 is 1.65 bits per heavy atom. The fraction of sp³-hybridized carbons (Fsp3) is 0.320. The van der Waals surface area contributed by atoms with Crippen molar-refractivity contribution in [2.75, 3.05) is 7.05 Å². The Hall–Kier alpha value is -3.25. The Labute approximate surface area is 183 Å². The van der Waals surface area contributed by atoms with Gasteiger partial charge in [-0.25, -0.2) is 0 Å². The summed E-state index contributed by atoms with van der Waals surface area (Å²) < 4.78 is 7.48. The molecule has 0 radical (unpaired) electrons. The number of aryl methyl sites for hydroxylation is 2. The molecule has 0 saturated heterocycles. The molecule has 0 fully saturated rings. The molecule has 0 bridgehead atoms. The number of aromatic nitrogens is 4. The van der Waals surface area contributed by atoms with Crippen molar-refractivity contribution in [1.82, 2.24) is 24.8 Å². The summed E-state index contributed by atoms with van der Waals surface area (Å²) in [6.07, 6.45) is 0. The normalized spacial score (nSPS) is 11.6. The third-order valence-electron chi connectivity index (χ3n) is 5.60. The monoisotopic (exact) mass is 415 g/mol. The van der Waals surface area contributed by atoms with Gasteiger partial charge >= 0.3 is 0 Å². The van der Waals surface area contributed by atoms with Gasteiger partial charge in [-0.05, 0) is 51.9 Å². The first-order valence-electron chi connectivity index (χ1n) is 10.6. The molecule has 31 heavy (non-hydrogen) atoms. The maximum Gasteiger partial charge on any atom is 0.278 e. The van der Waals surface area contributed by atoms with Crippen molar-refractivity contribution in [2.45, 2.75) is 46.8 Å². The summed E-state index contributed by atoms with van der Waals surface area (Å²) in [6, 6.07) is 19.3. The molecular formula is C25H29N5O. The van der Waals surface area contributed by atoms with Crippen molar-refractivity contribution >= 4 is 0 Å². The molecule has 0 amide bonds. The minimum Gasteiger partial charge on any atom is -0.332 e. The highest BCUT2D eigenvalue weighted by molar-refractivity contribution is 5.58. The first kappa shape index (κ1) is 21.0. The van der Waals surface area contributed by atoms with E-state index in [-0.39, 0.29) is 0 Å². The molecule has 0 aliphatic rings. The Morgan fingerprint density at radius 1 is 0.968 bits per heavy atom. The SMILES string of the molecule is Cc1ccc(Cn2nc(-c3nc(-c4ccc(CN(C)C(C)C)cc4)no3)cc2C)cc1. The summed E-state index contributed by atoms with van der Waals surface area (Å²) in [5, 5.41) is 8.85. The maximum atomic E-state index is 5.52. The summed E-state index contributed by atoms with van der Waals surface area (Å²) in [5.74, 6) is 1.01. The first-order valence-corrected chi connectivity index (χ1v) is 10.6. The van der Waals surface area contributed by atoms with E-state index in [0.29, 0.717) is 30.0 Å². The van der Waals surface area contributed by atoms with E-state index < -0.39 is 0 Å². The number of hydrogen-bond donors (Lipinski definition) is 0. The summed E-state index contributed by atoms with van der Waals surface area (Å²) >= 11 is 0. The molecule has 4 rings (SSSR count). The second-order valence-electron chi connectivity index (χ2n) is 8.44. The van der Waals surface area contributed by atoms with Crippen molar-refractivity contribution in [3.63, 3.8) is 0 Å². The molecule has 0 saturated carbocycles. The van der Waals surface area contributed by atoms with Crippen LogP contribution in [0.2, 0.25) is 0 Å². The van der Waals surface area contributed by atoms with Crippen LogP contribution < -0.4 is 0 Å². The summed E-state index contributed by atoms with van der Waals surface area (Å²) in [4.78, 5) is 6.88. The number of nitrogens with zero attached hydrogens (tertiary/aromatic N) is 5. The van der Waals surface area contributed by atoms with Crippen molar-refractivity contribution in [3.8, 4) is 23.0 Å². The standard InChI is InChI=1S/C25H29N5O/c1-17(2)29(5)15-20-10-12-22(13-11-20)24-26-25(31-28-24)23-14-19(4)30(27-23)16-21-8-6-18(3)7-9-21/h6-14,17H,15-16H2,1-5H3. The zero-order chi connectivity index (χ0) is 22.0. The summed E-state index contributed by atoms with van der Waals surface area (Å²) in [5.41, 5.74) is 6.39. The van der Waals surface area contributed by atoms with E-state index in [4.69, 9.17) is 4.52 Å². The van der Waals surface area contributed by atoms with Gasteiger partial charge in [0, 0.05) is 23.8 Å². The fourth-order valence-electron chi connectivity index (χ4n) is 3.32. The average Bonchev–Trinajstić information content (AvgIpc) is 3.37. The maximum absolute atomic E-state index is 5.52. The van der Waals surface area contributed by atoms with Gasteiger partial charge in [-0.15, -0.1) is 0 Å². The van der Waals surface area contributed by atoms with Gasteiger partial charge in [-0.2, -0.15) is 10.1 Å². The Kier molecular flexibility index (Phi) is 6.00. The highest BCUT2D eigenvalue weighted by Crippen LogP contribution is 2.23. The lowest BCUT2D eigenvalue weighted by Gasteiger charge is -2.20. The lowest BCUT2D eigenvalue weighted by atomic mass is 10.1. The van der Waals surface area contributed by atoms with Crippen molar-refractivity contribution in [2.24, 2.45) is 0 Å². The Morgan fingerprint density at radius 3 is 2.32 bits per heavy atom. The lowest BCUT2D eigenvalue weighted by Crippen LogP contribution is -2.25. The van der Waals surface area contributed by atoms with Gasteiger partial charge in [0.05, 0.1) is 6.54 Å². The largest absolute Gasteiger partial charge is 0.332 e. The van der Waals surface area contributed by atoms with Gasteiger partial charge in [0.15, 0.2) is 5.69 Å². The van der Waals surface area contributed by atoms with Gasteiger partial charge in [0.2, 0.25) is 5.82 Å². The second-order valence-corrected chi connectivity index (χ2v) is 8.44. The van der Waals surface area contributed by atoms with Crippen LogP contribution in [0.5, 0.6) is 0 Å². The zero-order valence-electron chi connectivity index (χ0n) is 18.8. The molecule has 0 aliphatic heterocycles. The van der Waals surface area contributed by atoms with Gasteiger partial charge in [-0.3, -0.25) is 9.58 Å². The molecule has 0 atom stereocenters. The van der Waals surface area contributed by atoms with Crippen LogP contribution in [0.4, 0.5) is 0 Å². The van der Waals surface area contributed by atoms with E-state index in [0.717, 1.165) is 17.8 Å². The molecule has 0 aliphatic carbocycles. The number of rotatable bonds is 7. The summed E-state index contributed by atoms with van der Waals surface area (Å²) in [6.45, 7) is 10.1. The highest BCUT2D eigenvalue weighted by atomic mass is 16.5. The van der Waals surface area contributed by atoms with Crippen LogP contribution in [0.15, 0.2) is 59.1 Å². The van der Waals surface area contributed by atoms with E-state index in [2.05, 4.69) is 84.4 Å². The van der Waals surface area contributed by atoms with Crippen molar-refractivity contribution < 1.29 is 4.52 Å². The molecule has 6 heteroatoms. The van der Waals surface area contributed by atoms with E-state index in [1.807, 2.05) is 29.8 Å². The Balaban J connectivity index is 1.49. The van der Waals surface area contributed by atoms with Gasteiger partial charge in [0.1, 0.15) is 0 Å². The summed E-state index contributed by atoms with van der Waals surface area (Å²) in [7, 11) is 2.13. The Bertz CT molecular complexity index is 1140. The van der Waals surface area contributed by atoms with Crippen LogP contribution in [0, 0.1) is 13.8 Å². The minimum absolute atomic E-state index is 0.435. The highest BCUT2D eigenvalue weighted by Gasteiger charge is 2.15. The third kappa shape index (κ3) is 4.91. The molecule has 0 spiro atoms.